The van der Waals surface area contributed by atoms with Crippen LogP contribution in [0.5, 0.6) is 0 Å². The van der Waals surface area contributed by atoms with Gasteiger partial charge in [0.25, 0.3) is 11.5 Å². The van der Waals surface area contributed by atoms with Gasteiger partial charge in [-0.15, -0.1) is 11.3 Å². The van der Waals surface area contributed by atoms with Gasteiger partial charge < -0.3 is 10.6 Å². The molecule has 2 N–H and O–H groups in total. The average molecular weight is 532 g/mol. The van der Waals surface area contributed by atoms with Gasteiger partial charge in [-0.05, 0) is 60.9 Å². The molecule has 190 valence electrons. The maximum atomic E-state index is 14.0. The van der Waals surface area contributed by atoms with Gasteiger partial charge in [-0.2, -0.15) is 4.37 Å². The van der Waals surface area contributed by atoms with E-state index < -0.39 is 6.04 Å². The first-order valence-corrected chi connectivity index (χ1v) is 14.0. The van der Waals surface area contributed by atoms with Crippen molar-refractivity contribution < 1.29 is 4.79 Å². The van der Waals surface area contributed by atoms with Gasteiger partial charge in [0.15, 0.2) is 4.83 Å². The molecule has 0 aliphatic rings. The number of rotatable bonds is 9. The smallest absolute Gasteiger partial charge is 0.264 e. The first-order valence-electron chi connectivity index (χ1n) is 12.4. The number of thiophene rings is 1. The van der Waals surface area contributed by atoms with E-state index in [1.165, 1.54) is 22.9 Å². The van der Waals surface area contributed by atoms with Crippen molar-refractivity contribution in [2.24, 2.45) is 5.73 Å². The second kappa shape index (κ2) is 10.9. The van der Waals surface area contributed by atoms with Gasteiger partial charge in [0, 0.05) is 11.2 Å². The monoisotopic (exact) mass is 531 g/mol. The molecule has 0 aliphatic heterocycles. The predicted octanol–water partition coefficient (Wildman–Crippen LogP) is 5.37. The number of carbonyl (C=O) groups is 1. The fraction of sp³-hybridized carbons (Fsp3) is 0.286. The van der Waals surface area contributed by atoms with Gasteiger partial charge in [-0.25, -0.2) is 4.98 Å². The third-order valence-corrected chi connectivity index (χ3v) is 8.48. The molecule has 0 spiro atoms. The Morgan fingerprint density at radius 1 is 1.14 bits per heavy atom. The Balaban J connectivity index is 1.64. The molecule has 0 saturated carbocycles. The van der Waals surface area contributed by atoms with Crippen molar-refractivity contribution in [3.8, 4) is 0 Å². The summed E-state index contributed by atoms with van der Waals surface area (Å²) in [5.41, 5.74) is 7.43. The number of carbonyl (C=O) groups excluding carboxylic acids is 1. The number of hydrogen-bond acceptors (Lipinski definition) is 7. The van der Waals surface area contributed by atoms with Crippen molar-refractivity contribution >= 4 is 49.1 Å². The molecule has 0 unspecified atom stereocenters. The lowest BCUT2D eigenvalue weighted by Crippen LogP contribution is -2.39. The molecule has 9 heteroatoms. The minimum atomic E-state index is -0.396. The maximum Gasteiger partial charge on any atom is 0.264 e. The Morgan fingerprint density at radius 2 is 1.89 bits per heavy atom. The second-order valence-electron chi connectivity index (χ2n) is 9.01. The zero-order chi connectivity index (χ0) is 25.9. The lowest BCUT2D eigenvalue weighted by Gasteiger charge is -2.32. The van der Waals surface area contributed by atoms with E-state index >= 15 is 0 Å². The summed E-state index contributed by atoms with van der Waals surface area (Å²) < 4.78 is 7.19. The zero-order valence-corrected chi connectivity index (χ0v) is 22.5. The van der Waals surface area contributed by atoms with Crippen LogP contribution in [0.1, 0.15) is 52.6 Å². The highest BCUT2D eigenvalue weighted by Gasteiger charge is 2.30. The number of amides is 1. The number of hydrogen-bond donors (Lipinski definition) is 1. The topological polar surface area (TPSA) is 94.1 Å². The summed E-state index contributed by atoms with van der Waals surface area (Å²) in [5, 5.41) is 1.59. The van der Waals surface area contributed by atoms with Gasteiger partial charge >= 0.3 is 0 Å². The number of fused-ring (bicyclic) bond motifs is 2. The molecular weight excluding hydrogens is 502 g/mol. The third-order valence-electron chi connectivity index (χ3n) is 6.54. The van der Waals surface area contributed by atoms with E-state index in [1.807, 2.05) is 79.4 Å². The summed E-state index contributed by atoms with van der Waals surface area (Å²) in [6.07, 6.45) is 1.25. The van der Waals surface area contributed by atoms with Crippen LogP contribution in [0.4, 0.5) is 0 Å². The van der Waals surface area contributed by atoms with Crippen LogP contribution in [0.2, 0.25) is 0 Å². The van der Waals surface area contributed by atoms with Crippen molar-refractivity contribution in [2.75, 3.05) is 13.1 Å². The summed E-state index contributed by atoms with van der Waals surface area (Å²) in [5.74, 6) is 0.515. The minimum absolute atomic E-state index is 0.0670. The van der Waals surface area contributed by atoms with E-state index in [0.717, 1.165) is 15.6 Å². The van der Waals surface area contributed by atoms with Crippen LogP contribution in [0.15, 0.2) is 65.5 Å². The van der Waals surface area contributed by atoms with E-state index in [-0.39, 0.29) is 11.5 Å². The van der Waals surface area contributed by atoms with Gasteiger partial charge in [0.2, 0.25) is 0 Å². The average Bonchev–Trinajstić information content (AvgIpc) is 3.52. The summed E-state index contributed by atoms with van der Waals surface area (Å²) in [6, 6.07) is 19.4. The molecule has 0 radical (unpaired) electrons. The Kier molecular flexibility index (Phi) is 7.45. The number of aryl methyl sites for hydroxylation is 1. The quantitative estimate of drug-likeness (QED) is 0.276. The molecule has 1 atom stereocenters. The van der Waals surface area contributed by atoms with Crippen LogP contribution in [-0.4, -0.2) is 37.8 Å². The van der Waals surface area contributed by atoms with Crippen LogP contribution in [0, 0.1) is 6.92 Å². The minimum Gasteiger partial charge on any atom is -0.330 e. The fourth-order valence-electron chi connectivity index (χ4n) is 4.69. The molecule has 7 nitrogen and oxygen atoms in total. The first kappa shape index (κ1) is 25.3. The number of nitrogens with two attached hydrogens (primary N) is 1. The van der Waals surface area contributed by atoms with Crippen molar-refractivity contribution in [1.29, 1.82) is 0 Å². The highest BCUT2D eigenvalue weighted by atomic mass is 32.1. The number of benzene rings is 2. The molecule has 0 fully saturated rings. The summed E-state index contributed by atoms with van der Waals surface area (Å²) in [4.78, 5) is 35.9. The Hall–Kier alpha value is -3.40. The van der Waals surface area contributed by atoms with E-state index in [1.54, 1.807) is 4.57 Å². The number of aromatic nitrogens is 3. The van der Waals surface area contributed by atoms with Crippen molar-refractivity contribution in [1.82, 2.24) is 18.8 Å². The SMILES string of the molecule is CC[C@@H](c1nc2snc(C)c2c(=O)n1Cc1ccccc1)N(CCCN)C(=O)c1cc2ccccc2s1. The lowest BCUT2D eigenvalue weighted by atomic mass is 10.1. The van der Waals surface area contributed by atoms with Crippen molar-refractivity contribution in [3.63, 3.8) is 0 Å². The molecule has 0 bridgehead atoms. The Labute approximate surface area is 223 Å². The van der Waals surface area contributed by atoms with Crippen LogP contribution >= 0.6 is 22.9 Å². The van der Waals surface area contributed by atoms with Crippen LogP contribution in [0.3, 0.4) is 0 Å². The molecule has 0 saturated heterocycles. The van der Waals surface area contributed by atoms with E-state index in [4.69, 9.17) is 10.7 Å². The van der Waals surface area contributed by atoms with E-state index in [2.05, 4.69) is 4.37 Å². The molecule has 2 aromatic carbocycles. The van der Waals surface area contributed by atoms with E-state index in [0.29, 0.717) is 59.1 Å². The molecule has 0 aliphatic carbocycles. The summed E-state index contributed by atoms with van der Waals surface area (Å²) >= 11 is 2.71. The van der Waals surface area contributed by atoms with Crippen LogP contribution in [-0.2, 0) is 6.54 Å². The highest BCUT2D eigenvalue weighted by Crippen LogP contribution is 2.31. The molecule has 3 heterocycles. The molecule has 5 aromatic rings. The van der Waals surface area contributed by atoms with Gasteiger partial charge in [0.1, 0.15) is 5.82 Å². The number of nitrogens with zero attached hydrogens (tertiary/aromatic N) is 4. The second-order valence-corrected chi connectivity index (χ2v) is 10.8. The van der Waals surface area contributed by atoms with Gasteiger partial charge in [0.05, 0.1) is 28.5 Å². The summed E-state index contributed by atoms with van der Waals surface area (Å²) in [6.45, 7) is 5.17. The molecule has 5 rings (SSSR count). The largest absolute Gasteiger partial charge is 0.330 e. The Bertz CT molecular complexity index is 1570. The predicted molar refractivity (Wildman–Crippen MR) is 152 cm³/mol. The summed E-state index contributed by atoms with van der Waals surface area (Å²) in [7, 11) is 0. The standard InChI is InChI=1S/C28H29N5O2S2/c1-3-21(32(15-9-14-29)27(34)23-16-20-12-7-8-13-22(20)36-23)25-30-26-24(18(2)31-37-26)28(35)33(25)17-19-10-5-4-6-11-19/h4-8,10-13,16,21H,3,9,14-15,17,29H2,1-2H3/t21-/m0/s1. The van der Waals surface area contributed by atoms with Crippen LogP contribution in [0.25, 0.3) is 20.3 Å². The third kappa shape index (κ3) is 4.94. The fourth-order valence-corrected chi connectivity index (χ4v) is 6.48. The van der Waals surface area contributed by atoms with Gasteiger partial charge in [-0.3, -0.25) is 14.2 Å². The molecule has 37 heavy (non-hydrogen) atoms. The Morgan fingerprint density at radius 3 is 2.62 bits per heavy atom. The van der Waals surface area contributed by atoms with E-state index in [9.17, 15) is 9.59 Å². The lowest BCUT2D eigenvalue weighted by molar-refractivity contribution is 0.0661. The van der Waals surface area contributed by atoms with Crippen LogP contribution < -0.4 is 11.3 Å². The molecular formula is C28H29N5O2S2. The van der Waals surface area contributed by atoms with Crippen molar-refractivity contribution in [2.45, 2.75) is 39.3 Å². The molecule has 1 amide bonds. The zero-order valence-electron chi connectivity index (χ0n) is 20.9. The molecule has 3 aromatic heterocycles. The first-order chi connectivity index (χ1) is 18.0. The highest BCUT2D eigenvalue weighted by molar-refractivity contribution is 7.20. The maximum absolute atomic E-state index is 14.0. The van der Waals surface area contributed by atoms with Crippen molar-refractivity contribution in [3.05, 3.63) is 93.0 Å². The normalized spacial score (nSPS) is 12.3. The van der Waals surface area contributed by atoms with Gasteiger partial charge in [-0.1, -0.05) is 55.5 Å².